The molecule has 120 valence electrons. The van der Waals surface area contributed by atoms with Gasteiger partial charge in [0.1, 0.15) is 0 Å². The van der Waals surface area contributed by atoms with E-state index < -0.39 is 0 Å². The van der Waals surface area contributed by atoms with Gasteiger partial charge in [-0.3, -0.25) is 14.6 Å². The van der Waals surface area contributed by atoms with Gasteiger partial charge in [-0.2, -0.15) is 0 Å². The third-order valence-corrected chi connectivity index (χ3v) is 3.93. The minimum absolute atomic E-state index is 0.185. The van der Waals surface area contributed by atoms with Gasteiger partial charge in [-0.25, -0.2) is 0 Å². The summed E-state index contributed by atoms with van der Waals surface area (Å²) in [6.45, 7) is 1.81. The van der Waals surface area contributed by atoms with Crippen molar-refractivity contribution >= 4 is 28.4 Å². The van der Waals surface area contributed by atoms with Crippen molar-refractivity contribution in [3.63, 3.8) is 0 Å². The van der Waals surface area contributed by atoms with Crippen molar-refractivity contribution in [3.05, 3.63) is 71.4 Å². The Bertz CT molecular complexity index is 930. The number of para-hydroxylation sites is 1. The fourth-order valence-electron chi connectivity index (χ4n) is 2.63. The smallest absolute Gasteiger partial charge is 0.257 e. The minimum Gasteiger partial charge on any atom is -0.355 e. The number of amides is 2. The van der Waals surface area contributed by atoms with Crippen LogP contribution < -0.4 is 10.6 Å². The number of nitrogens with zero attached hydrogens (tertiary/aromatic N) is 1. The molecule has 0 aliphatic rings. The van der Waals surface area contributed by atoms with Crippen molar-refractivity contribution in [1.29, 1.82) is 0 Å². The quantitative estimate of drug-likeness (QED) is 0.779. The second kappa shape index (κ2) is 6.50. The Balaban J connectivity index is 1.97. The summed E-state index contributed by atoms with van der Waals surface area (Å²) in [5.41, 5.74) is 3.01. The van der Waals surface area contributed by atoms with Crippen LogP contribution in [0.4, 0.5) is 5.69 Å². The predicted octanol–water partition coefficient (Wildman–Crippen LogP) is 3.16. The standard InChI is InChI=1S/C19H17N3O2/c1-12-14(18(23)20-2)8-4-10-16(12)22-19(24)15-9-3-6-13-7-5-11-21-17(13)15/h3-11H,1-2H3,(H,20,23)(H,22,24). The molecule has 3 aromatic rings. The largest absolute Gasteiger partial charge is 0.355 e. The van der Waals surface area contributed by atoms with Crippen molar-refractivity contribution < 1.29 is 9.59 Å². The molecule has 0 saturated carbocycles. The van der Waals surface area contributed by atoms with Crippen molar-refractivity contribution in [1.82, 2.24) is 10.3 Å². The number of carbonyl (C=O) groups excluding carboxylic acids is 2. The lowest BCUT2D eigenvalue weighted by molar-refractivity contribution is 0.0960. The van der Waals surface area contributed by atoms with Crippen LogP contribution >= 0.6 is 0 Å². The normalized spacial score (nSPS) is 10.4. The predicted molar refractivity (Wildman–Crippen MR) is 94.3 cm³/mol. The first kappa shape index (κ1) is 15.7. The van der Waals surface area contributed by atoms with E-state index in [4.69, 9.17) is 0 Å². The van der Waals surface area contributed by atoms with E-state index in [1.165, 1.54) is 0 Å². The number of fused-ring (bicyclic) bond motifs is 1. The molecule has 0 aliphatic heterocycles. The summed E-state index contributed by atoms with van der Waals surface area (Å²) in [4.78, 5) is 28.9. The summed E-state index contributed by atoms with van der Waals surface area (Å²) in [5, 5.41) is 6.38. The maximum absolute atomic E-state index is 12.7. The lowest BCUT2D eigenvalue weighted by Crippen LogP contribution is -2.20. The fraction of sp³-hybridized carbons (Fsp3) is 0.105. The van der Waals surface area contributed by atoms with Gasteiger partial charge in [0.15, 0.2) is 0 Å². The van der Waals surface area contributed by atoms with Gasteiger partial charge < -0.3 is 10.6 Å². The van der Waals surface area contributed by atoms with Gasteiger partial charge in [0, 0.05) is 29.9 Å². The topological polar surface area (TPSA) is 71.1 Å². The summed E-state index contributed by atoms with van der Waals surface area (Å²) < 4.78 is 0. The SMILES string of the molecule is CNC(=O)c1cccc(NC(=O)c2cccc3cccnc23)c1C. The Morgan fingerprint density at radius 1 is 0.917 bits per heavy atom. The molecule has 0 bridgehead atoms. The molecule has 5 heteroatoms. The van der Waals surface area contributed by atoms with Gasteiger partial charge >= 0.3 is 0 Å². The summed E-state index contributed by atoms with van der Waals surface area (Å²) in [6, 6.07) is 14.5. The van der Waals surface area contributed by atoms with Gasteiger partial charge in [0.25, 0.3) is 11.8 Å². The Morgan fingerprint density at radius 2 is 1.62 bits per heavy atom. The van der Waals surface area contributed by atoms with Crippen molar-refractivity contribution in [3.8, 4) is 0 Å². The van der Waals surface area contributed by atoms with Crippen LogP contribution in [0.2, 0.25) is 0 Å². The first-order valence-electron chi connectivity index (χ1n) is 7.58. The first-order chi connectivity index (χ1) is 11.6. The molecule has 0 radical (unpaired) electrons. The molecule has 3 rings (SSSR count). The number of aromatic nitrogens is 1. The monoisotopic (exact) mass is 319 g/mol. The van der Waals surface area contributed by atoms with Gasteiger partial charge in [-0.05, 0) is 36.8 Å². The molecule has 0 fully saturated rings. The second-order valence-electron chi connectivity index (χ2n) is 5.39. The van der Waals surface area contributed by atoms with Crippen LogP contribution in [0.3, 0.4) is 0 Å². The van der Waals surface area contributed by atoms with Crippen LogP contribution in [0.1, 0.15) is 26.3 Å². The van der Waals surface area contributed by atoms with E-state index in [1.807, 2.05) is 31.2 Å². The molecule has 1 aromatic heterocycles. The number of pyridine rings is 1. The van der Waals surface area contributed by atoms with E-state index in [9.17, 15) is 9.59 Å². The third-order valence-electron chi connectivity index (χ3n) is 3.93. The van der Waals surface area contributed by atoms with Crippen LogP contribution in [-0.4, -0.2) is 23.8 Å². The summed E-state index contributed by atoms with van der Waals surface area (Å²) in [7, 11) is 1.58. The van der Waals surface area contributed by atoms with E-state index in [1.54, 1.807) is 37.5 Å². The number of anilines is 1. The Kier molecular flexibility index (Phi) is 4.24. The van der Waals surface area contributed by atoms with Crippen LogP contribution in [-0.2, 0) is 0 Å². The van der Waals surface area contributed by atoms with E-state index in [0.717, 1.165) is 10.9 Å². The zero-order valence-corrected chi connectivity index (χ0v) is 13.5. The third kappa shape index (κ3) is 2.84. The van der Waals surface area contributed by atoms with Crippen LogP contribution in [0.15, 0.2) is 54.7 Å². The number of benzene rings is 2. The average molecular weight is 319 g/mol. The second-order valence-corrected chi connectivity index (χ2v) is 5.39. The van der Waals surface area contributed by atoms with Crippen LogP contribution in [0, 0.1) is 6.92 Å². The Morgan fingerprint density at radius 3 is 2.42 bits per heavy atom. The molecule has 2 N–H and O–H groups in total. The molecule has 0 saturated heterocycles. The van der Waals surface area contributed by atoms with Gasteiger partial charge in [0.05, 0.1) is 11.1 Å². The molecule has 0 atom stereocenters. The highest BCUT2D eigenvalue weighted by molar-refractivity contribution is 6.12. The lowest BCUT2D eigenvalue weighted by Gasteiger charge is -2.12. The number of rotatable bonds is 3. The van der Waals surface area contributed by atoms with Gasteiger partial charge in [-0.15, -0.1) is 0 Å². The van der Waals surface area contributed by atoms with Crippen LogP contribution in [0.25, 0.3) is 10.9 Å². The lowest BCUT2D eigenvalue weighted by atomic mass is 10.0. The van der Waals surface area contributed by atoms with Gasteiger partial charge in [0.2, 0.25) is 0 Å². The fourth-order valence-corrected chi connectivity index (χ4v) is 2.63. The number of carbonyl (C=O) groups is 2. The maximum Gasteiger partial charge on any atom is 0.257 e. The van der Waals surface area contributed by atoms with Crippen molar-refractivity contribution in [2.75, 3.05) is 12.4 Å². The first-order valence-corrected chi connectivity index (χ1v) is 7.58. The molecule has 24 heavy (non-hydrogen) atoms. The highest BCUT2D eigenvalue weighted by atomic mass is 16.2. The highest BCUT2D eigenvalue weighted by Gasteiger charge is 2.15. The molecule has 0 spiro atoms. The molecule has 0 aliphatic carbocycles. The maximum atomic E-state index is 12.7. The van der Waals surface area contributed by atoms with E-state index in [0.29, 0.717) is 22.3 Å². The number of nitrogens with one attached hydrogen (secondary N) is 2. The number of hydrogen-bond donors (Lipinski definition) is 2. The number of hydrogen-bond acceptors (Lipinski definition) is 3. The molecule has 1 heterocycles. The molecule has 0 unspecified atom stereocenters. The summed E-state index contributed by atoms with van der Waals surface area (Å²) in [6.07, 6.45) is 1.66. The molecule has 2 aromatic carbocycles. The zero-order valence-electron chi connectivity index (χ0n) is 13.5. The van der Waals surface area contributed by atoms with Crippen LogP contribution in [0.5, 0.6) is 0 Å². The Labute approximate surface area is 139 Å². The molecular formula is C19H17N3O2. The highest BCUT2D eigenvalue weighted by Crippen LogP contribution is 2.22. The zero-order chi connectivity index (χ0) is 17.1. The van der Waals surface area contributed by atoms with Crippen molar-refractivity contribution in [2.24, 2.45) is 0 Å². The molecular weight excluding hydrogens is 302 g/mol. The molecule has 2 amide bonds. The average Bonchev–Trinajstić information content (AvgIpc) is 2.62. The summed E-state index contributed by atoms with van der Waals surface area (Å²) in [5.74, 6) is -0.438. The van der Waals surface area contributed by atoms with E-state index in [2.05, 4.69) is 15.6 Å². The molecule has 5 nitrogen and oxygen atoms in total. The Hall–Kier alpha value is -3.21. The van der Waals surface area contributed by atoms with Crippen molar-refractivity contribution in [2.45, 2.75) is 6.92 Å². The van der Waals surface area contributed by atoms with Gasteiger partial charge in [-0.1, -0.05) is 24.3 Å². The summed E-state index contributed by atoms with van der Waals surface area (Å²) >= 11 is 0. The van der Waals surface area contributed by atoms with E-state index >= 15 is 0 Å². The minimum atomic E-state index is -0.253. The van der Waals surface area contributed by atoms with E-state index in [-0.39, 0.29) is 11.8 Å².